The van der Waals surface area contributed by atoms with Gasteiger partial charge in [-0.25, -0.2) is 9.97 Å². The van der Waals surface area contributed by atoms with Gasteiger partial charge >= 0.3 is 0 Å². The number of hydrogen-bond acceptors (Lipinski definition) is 8. The topological polar surface area (TPSA) is 98.0 Å². The van der Waals surface area contributed by atoms with Crippen molar-refractivity contribution in [3.05, 3.63) is 54.4 Å². The first-order valence-electron chi connectivity index (χ1n) is 9.87. The molecule has 1 fully saturated rings. The first-order valence-corrected chi connectivity index (χ1v) is 9.87. The van der Waals surface area contributed by atoms with Crippen LogP contribution < -0.4 is 15.4 Å². The number of methoxy groups -OCH3 is 1. The molecule has 0 spiro atoms. The third kappa shape index (κ3) is 3.33. The van der Waals surface area contributed by atoms with E-state index in [-0.39, 0.29) is 0 Å². The standard InChI is InChI=1S/C21H23N7O2/c1-29-17-6-3-2-5-16(17)27-10-8-26(9-11-27)14-15-13-23-21(22)28-20(15)24-19(25-28)18-7-4-12-30-18/h2-7,12-13H,8-11,14H2,1H3,(H2,22,23). The predicted octanol–water partition coefficient (Wildman–Crippen LogP) is 2.30. The van der Waals surface area contributed by atoms with E-state index in [2.05, 4.69) is 30.9 Å². The Bertz CT molecular complexity index is 1150. The van der Waals surface area contributed by atoms with E-state index in [1.54, 1.807) is 24.1 Å². The van der Waals surface area contributed by atoms with Crippen LogP contribution in [0.3, 0.4) is 0 Å². The molecular weight excluding hydrogens is 382 g/mol. The molecule has 1 aliphatic rings. The molecule has 5 rings (SSSR count). The van der Waals surface area contributed by atoms with E-state index in [0.29, 0.717) is 23.2 Å². The Morgan fingerprint density at radius 2 is 1.93 bits per heavy atom. The van der Waals surface area contributed by atoms with Crippen LogP contribution in [0.5, 0.6) is 5.75 Å². The Kier molecular flexibility index (Phi) is 4.72. The molecule has 4 aromatic rings. The maximum atomic E-state index is 6.02. The van der Waals surface area contributed by atoms with Crippen molar-refractivity contribution in [1.82, 2.24) is 24.5 Å². The highest BCUT2D eigenvalue weighted by Gasteiger charge is 2.22. The summed E-state index contributed by atoms with van der Waals surface area (Å²) in [5.41, 5.74) is 8.85. The van der Waals surface area contributed by atoms with Gasteiger partial charge in [0.05, 0.1) is 19.1 Å². The lowest BCUT2D eigenvalue weighted by molar-refractivity contribution is 0.249. The quantitative estimate of drug-likeness (QED) is 0.540. The number of hydrogen-bond donors (Lipinski definition) is 1. The van der Waals surface area contributed by atoms with Crippen LogP contribution in [0.15, 0.2) is 53.3 Å². The van der Waals surface area contributed by atoms with Crippen molar-refractivity contribution in [2.45, 2.75) is 6.54 Å². The van der Waals surface area contributed by atoms with Crippen LogP contribution in [0.25, 0.3) is 17.2 Å². The van der Waals surface area contributed by atoms with Crippen molar-refractivity contribution in [1.29, 1.82) is 0 Å². The normalized spacial score (nSPS) is 15.0. The first kappa shape index (κ1) is 18.4. The molecule has 2 N–H and O–H groups in total. The molecule has 0 saturated carbocycles. The number of nitrogen functional groups attached to an aromatic ring is 1. The van der Waals surface area contributed by atoms with Crippen LogP contribution >= 0.6 is 0 Å². The number of fused-ring (bicyclic) bond motifs is 1. The summed E-state index contributed by atoms with van der Waals surface area (Å²) in [7, 11) is 1.71. The van der Waals surface area contributed by atoms with Crippen LogP contribution in [0.1, 0.15) is 5.56 Å². The third-order valence-electron chi connectivity index (χ3n) is 5.40. The van der Waals surface area contributed by atoms with Gasteiger partial charge in [-0.05, 0) is 24.3 Å². The SMILES string of the molecule is COc1ccccc1N1CCN(Cc2cnc(N)n3nc(-c4ccco4)nc23)CC1. The molecule has 154 valence electrons. The number of ether oxygens (including phenoxy) is 1. The lowest BCUT2D eigenvalue weighted by Crippen LogP contribution is -2.46. The summed E-state index contributed by atoms with van der Waals surface area (Å²) in [5, 5.41) is 4.46. The summed E-state index contributed by atoms with van der Waals surface area (Å²) in [5.74, 6) is 2.32. The zero-order valence-electron chi connectivity index (χ0n) is 16.7. The molecular formula is C21H23N7O2. The largest absolute Gasteiger partial charge is 0.495 e. The van der Waals surface area contributed by atoms with Crippen LogP contribution in [-0.2, 0) is 6.54 Å². The highest BCUT2D eigenvalue weighted by atomic mass is 16.5. The molecule has 9 heteroatoms. The highest BCUT2D eigenvalue weighted by Crippen LogP contribution is 2.28. The summed E-state index contributed by atoms with van der Waals surface area (Å²) < 4.78 is 12.5. The Morgan fingerprint density at radius 1 is 1.10 bits per heavy atom. The molecule has 0 atom stereocenters. The van der Waals surface area contributed by atoms with Crippen molar-refractivity contribution in [2.75, 3.05) is 43.9 Å². The molecule has 1 aliphatic heterocycles. The van der Waals surface area contributed by atoms with Crippen LogP contribution in [0, 0.1) is 0 Å². The van der Waals surface area contributed by atoms with Gasteiger partial charge in [-0.1, -0.05) is 12.1 Å². The van der Waals surface area contributed by atoms with Crippen molar-refractivity contribution in [3.63, 3.8) is 0 Å². The predicted molar refractivity (Wildman–Crippen MR) is 113 cm³/mol. The van der Waals surface area contributed by atoms with E-state index in [1.807, 2.05) is 30.3 Å². The van der Waals surface area contributed by atoms with Crippen molar-refractivity contribution < 1.29 is 9.15 Å². The fraction of sp³-hybridized carbons (Fsp3) is 0.286. The maximum absolute atomic E-state index is 6.02. The molecule has 30 heavy (non-hydrogen) atoms. The summed E-state index contributed by atoms with van der Waals surface area (Å²) >= 11 is 0. The Hall–Kier alpha value is -3.59. The van der Waals surface area contributed by atoms with E-state index in [4.69, 9.17) is 14.9 Å². The number of furan rings is 1. The van der Waals surface area contributed by atoms with E-state index in [9.17, 15) is 0 Å². The number of rotatable bonds is 5. The number of anilines is 2. The fourth-order valence-electron chi connectivity index (χ4n) is 3.84. The summed E-state index contributed by atoms with van der Waals surface area (Å²) in [4.78, 5) is 13.7. The number of piperazine rings is 1. The van der Waals surface area contributed by atoms with Crippen molar-refractivity contribution >= 4 is 17.3 Å². The van der Waals surface area contributed by atoms with E-state index < -0.39 is 0 Å². The molecule has 1 aromatic carbocycles. The Balaban J connectivity index is 1.34. The van der Waals surface area contributed by atoms with Gasteiger partial charge in [0.15, 0.2) is 11.4 Å². The lowest BCUT2D eigenvalue weighted by Gasteiger charge is -2.36. The number of para-hydroxylation sites is 2. The first-order chi connectivity index (χ1) is 14.7. The fourth-order valence-corrected chi connectivity index (χ4v) is 3.84. The van der Waals surface area contributed by atoms with E-state index in [1.165, 1.54) is 0 Å². The minimum atomic E-state index is 0.306. The molecule has 0 radical (unpaired) electrons. The van der Waals surface area contributed by atoms with Crippen LogP contribution in [0.2, 0.25) is 0 Å². The van der Waals surface area contributed by atoms with Gasteiger partial charge in [-0.2, -0.15) is 4.52 Å². The van der Waals surface area contributed by atoms with Gasteiger partial charge in [-0.3, -0.25) is 4.90 Å². The molecule has 4 heterocycles. The van der Waals surface area contributed by atoms with E-state index >= 15 is 0 Å². The van der Waals surface area contributed by atoms with Gasteiger partial charge in [0.1, 0.15) is 5.75 Å². The second-order valence-corrected chi connectivity index (χ2v) is 7.22. The molecule has 3 aromatic heterocycles. The van der Waals surface area contributed by atoms with Gasteiger partial charge in [0.25, 0.3) is 0 Å². The number of nitrogens with zero attached hydrogens (tertiary/aromatic N) is 6. The minimum Gasteiger partial charge on any atom is -0.495 e. The summed E-state index contributed by atoms with van der Waals surface area (Å²) in [6.07, 6.45) is 3.39. The zero-order chi connectivity index (χ0) is 20.5. The lowest BCUT2D eigenvalue weighted by atomic mass is 10.2. The molecule has 0 unspecified atom stereocenters. The smallest absolute Gasteiger partial charge is 0.223 e. The average Bonchev–Trinajstić information content (AvgIpc) is 3.47. The van der Waals surface area contributed by atoms with Gasteiger partial charge in [0.2, 0.25) is 11.8 Å². The monoisotopic (exact) mass is 405 g/mol. The summed E-state index contributed by atoms with van der Waals surface area (Å²) in [6.45, 7) is 4.42. The summed E-state index contributed by atoms with van der Waals surface area (Å²) in [6, 6.07) is 11.8. The van der Waals surface area contributed by atoms with Crippen molar-refractivity contribution in [3.8, 4) is 17.3 Å². The van der Waals surface area contributed by atoms with Gasteiger partial charge in [-0.15, -0.1) is 5.10 Å². The highest BCUT2D eigenvalue weighted by molar-refractivity contribution is 5.59. The van der Waals surface area contributed by atoms with Crippen molar-refractivity contribution in [2.24, 2.45) is 0 Å². The number of aromatic nitrogens is 4. The van der Waals surface area contributed by atoms with Crippen LogP contribution in [-0.4, -0.2) is 57.8 Å². The van der Waals surface area contributed by atoms with E-state index in [0.717, 1.165) is 49.7 Å². The molecule has 0 aliphatic carbocycles. The molecule has 0 amide bonds. The number of benzene rings is 1. The second kappa shape index (κ2) is 7.68. The Labute approximate surface area is 173 Å². The third-order valence-corrected chi connectivity index (χ3v) is 5.40. The second-order valence-electron chi connectivity index (χ2n) is 7.22. The molecule has 0 bridgehead atoms. The average molecular weight is 405 g/mol. The van der Waals surface area contributed by atoms with Crippen LogP contribution in [0.4, 0.5) is 11.6 Å². The number of nitrogens with two attached hydrogens (primary N) is 1. The maximum Gasteiger partial charge on any atom is 0.223 e. The molecule has 1 saturated heterocycles. The van der Waals surface area contributed by atoms with Gasteiger partial charge in [0, 0.05) is 44.5 Å². The Morgan fingerprint density at radius 3 is 2.70 bits per heavy atom. The zero-order valence-corrected chi connectivity index (χ0v) is 16.7. The van der Waals surface area contributed by atoms with Gasteiger partial charge < -0.3 is 19.8 Å². The minimum absolute atomic E-state index is 0.306. The molecule has 9 nitrogen and oxygen atoms in total.